The number of methoxy groups -OCH3 is 1. The lowest BCUT2D eigenvalue weighted by Crippen LogP contribution is -2.27. The third kappa shape index (κ3) is 3.88. The van der Waals surface area contributed by atoms with E-state index < -0.39 is 0 Å². The second-order valence-corrected chi connectivity index (χ2v) is 6.65. The summed E-state index contributed by atoms with van der Waals surface area (Å²) in [4.78, 5) is 26.0. The van der Waals surface area contributed by atoms with Crippen molar-refractivity contribution in [3.05, 3.63) is 72.2 Å². The predicted molar refractivity (Wildman–Crippen MR) is 109 cm³/mol. The number of ether oxygens (including phenoxy) is 1. The fraction of sp³-hybridized carbons (Fsp3) is 0.238. The van der Waals surface area contributed by atoms with Crippen molar-refractivity contribution >= 4 is 11.4 Å². The number of carbonyl (C=O) groups excluding carboxylic acids is 1. The number of aryl methyl sites for hydroxylation is 1. The van der Waals surface area contributed by atoms with Gasteiger partial charge in [-0.1, -0.05) is 6.07 Å². The molecule has 0 aliphatic carbocycles. The largest absolute Gasteiger partial charge is 0.383 e. The molecule has 29 heavy (non-hydrogen) atoms. The number of hydrogen-bond acceptors (Lipinski definition) is 5. The highest BCUT2D eigenvalue weighted by Gasteiger charge is 2.20. The molecule has 0 atom stereocenters. The van der Waals surface area contributed by atoms with E-state index in [4.69, 9.17) is 4.74 Å². The van der Waals surface area contributed by atoms with Crippen LogP contribution in [0.5, 0.6) is 0 Å². The standard InChI is InChI=1S/C21H22N6O2/c1-15-24-17(14-26(15)13-16-6-8-22-9-7-16)20-25-19(21(28)23-10-12-29-2)18-5-3-4-11-27(18)20/h3-9,11,14H,10,12-13H2,1-2H3,(H,23,28). The van der Waals surface area contributed by atoms with Gasteiger partial charge < -0.3 is 14.6 Å². The van der Waals surface area contributed by atoms with Gasteiger partial charge in [-0.05, 0) is 36.8 Å². The highest BCUT2D eigenvalue weighted by Crippen LogP contribution is 2.23. The molecule has 8 nitrogen and oxygen atoms in total. The summed E-state index contributed by atoms with van der Waals surface area (Å²) >= 11 is 0. The topological polar surface area (TPSA) is 86.3 Å². The van der Waals surface area contributed by atoms with Gasteiger partial charge >= 0.3 is 0 Å². The molecule has 4 aromatic heterocycles. The molecule has 0 aliphatic heterocycles. The fourth-order valence-corrected chi connectivity index (χ4v) is 3.20. The number of amides is 1. The molecule has 0 fully saturated rings. The van der Waals surface area contributed by atoms with Crippen LogP contribution < -0.4 is 5.32 Å². The summed E-state index contributed by atoms with van der Waals surface area (Å²) in [6.45, 7) is 3.52. The minimum atomic E-state index is -0.232. The number of pyridine rings is 2. The minimum absolute atomic E-state index is 0.232. The van der Waals surface area contributed by atoms with E-state index in [0.29, 0.717) is 36.9 Å². The Morgan fingerprint density at radius 3 is 2.79 bits per heavy atom. The van der Waals surface area contributed by atoms with Crippen molar-refractivity contribution in [3.63, 3.8) is 0 Å². The lowest BCUT2D eigenvalue weighted by atomic mass is 10.3. The summed E-state index contributed by atoms with van der Waals surface area (Å²) in [5, 5.41) is 2.83. The molecule has 148 valence electrons. The zero-order valence-corrected chi connectivity index (χ0v) is 16.4. The van der Waals surface area contributed by atoms with Gasteiger partial charge in [0.15, 0.2) is 11.5 Å². The van der Waals surface area contributed by atoms with Gasteiger partial charge in [0.2, 0.25) is 0 Å². The molecule has 4 aromatic rings. The van der Waals surface area contributed by atoms with Crippen LogP contribution in [-0.2, 0) is 11.3 Å². The Balaban J connectivity index is 1.69. The average molecular weight is 390 g/mol. The van der Waals surface area contributed by atoms with Gasteiger partial charge in [-0.3, -0.25) is 14.2 Å². The summed E-state index contributed by atoms with van der Waals surface area (Å²) in [5.41, 5.74) is 2.96. The lowest BCUT2D eigenvalue weighted by molar-refractivity contribution is 0.0934. The molecule has 0 radical (unpaired) electrons. The quantitative estimate of drug-likeness (QED) is 0.490. The maximum atomic E-state index is 12.6. The zero-order valence-electron chi connectivity index (χ0n) is 16.4. The first-order valence-electron chi connectivity index (χ1n) is 9.34. The minimum Gasteiger partial charge on any atom is -0.383 e. The average Bonchev–Trinajstić information content (AvgIpc) is 3.30. The number of fused-ring (bicyclic) bond motifs is 1. The van der Waals surface area contributed by atoms with Crippen LogP contribution in [0.2, 0.25) is 0 Å². The Bertz CT molecular complexity index is 1130. The van der Waals surface area contributed by atoms with Gasteiger partial charge in [0.1, 0.15) is 11.5 Å². The van der Waals surface area contributed by atoms with E-state index in [9.17, 15) is 4.79 Å². The second-order valence-electron chi connectivity index (χ2n) is 6.65. The maximum absolute atomic E-state index is 12.6. The summed E-state index contributed by atoms with van der Waals surface area (Å²) in [5.74, 6) is 1.27. The van der Waals surface area contributed by atoms with E-state index in [1.54, 1.807) is 19.5 Å². The van der Waals surface area contributed by atoms with Crippen LogP contribution >= 0.6 is 0 Å². The number of carbonyl (C=O) groups is 1. The third-order valence-electron chi connectivity index (χ3n) is 4.66. The molecule has 0 aliphatic rings. The zero-order chi connectivity index (χ0) is 20.2. The molecule has 0 aromatic carbocycles. The van der Waals surface area contributed by atoms with Gasteiger partial charge in [0.25, 0.3) is 5.91 Å². The summed E-state index contributed by atoms with van der Waals surface area (Å²) in [7, 11) is 1.60. The van der Waals surface area contributed by atoms with Crippen LogP contribution in [0.3, 0.4) is 0 Å². The Kier molecular flexibility index (Phi) is 5.35. The molecule has 4 heterocycles. The number of hydrogen-bond donors (Lipinski definition) is 1. The highest BCUT2D eigenvalue weighted by atomic mass is 16.5. The van der Waals surface area contributed by atoms with Crippen molar-refractivity contribution in [2.45, 2.75) is 13.5 Å². The van der Waals surface area contributed by atoms with Gasteiger partial charge in [0, 0.05) is 45.0 Å². The van der Waals surface area contributed by atoms with Crippen molar-refractivity contribution in [3.8, 4) is 11.5 Å². The molecule has 1 amide bonds. The van der Waals surface area contributed by atoms with Crippen LogP contribution in [0.4, 0.5) is 0 Å². The lowest BCUT2D eigenvalue weighted by Gasteiger charge is -2.03. The van der Waals surface area contributed by atoms with E-state index in [-0.39, 0.29) is 5.91 Å². The SMILES string of the molecule is COCCNC(=O)c1nc(-c2cn(Cc3ccncc3)c(C)n2)n2ccccc12. The second kappa shape index (κ2) is 8.24. The Hall–Kier alpha value is -3.52. The predicted octanol–water partition coefficient (Wildman–Crippen LogP) is 2.33. The van der Waals surface area contributed by atoms with Crippen LogP contribution in [0, 0.1) is 6.92 Å². The van der Waals surface area contributed by atoms with Crippen LogP contribution in [0.25, 0.3) is 17.0 Å². The number of nitrogens with one attached hydrogen (secondary N) is 1. The number of nitrogens with zero attached hydrogens (tertiary/aromatic N) is 5. The Morgan fingerprint density at radius 1 is 1.17 bits per heavy atom. The van der Waals surface area contributed by atoms with Crippen molar-refractivity contribution in [2.75, 3.05) is 20.3 Å². The maximum Gasteiger partial charge on any atom is 0.272 e. The molecule has 0 bridgehead atoms. The van der Waals surface area contributed by atoms with Crippen LogP contribution in [-0.4, -0.2) is 50.1 Å². The van der Waals surface area contributed by atoms with E-state index in [2.05, 4.69) is 24.8 Å². The molecular formula is C21H22N6O2. The Labute approximate surface area is 168 Å². The molecule has 8 heteroatoms. The van der Waals surface area contributed by atoms with E-state index in [1.807, 2.05) is 54.0 Å². The van der Waals surface area contributed by atoms with E-state index in [1.165, 1.54) is 0 Å². The molecular weight excluding hydrogens is 368 g/mol. The summed E-state index contributed by atoms with van der Waals surface area (Å²) in [6.07, 6.45) is 7.41. The summed E-state index contributed by atoms with van der Waals surface area (Å²) < 4.78 is 8.95. The van der Waals surface area contributed by atoms with E-state index in [0.717, 1.165) is 16.9 Å². The first kappa shape index (κ1) is 18.8. The number of aromatic nitrogens is 5. The smallest absolute Gasteiger partial charge is 0.272 e. The van der Waals surface area contributed by atoms with E-state index >= 15 is 0 Å². The first-order valence-corrected chi connectivity index (χ1v) is 9.34. The highest BCUT2D eigenvalue weighted by molar-refractivity contribution is 5.99. The van der Waals surface area contributed by atoms with Crippen LogP contribution in [0.1, 0.15) is 21.9 Å². The van der Waals surface area contributed by atoms with Crippen LogP contribution in [0.15, 0.2) is 55.1 Å². The molecule has 0 saturated heterocycles. The number of imidazole rings is 2. The van der Waals surface area contributed by atoms with Crippen molar-refractivity contribution in [1.82, 2.24) is 29.2 Å². The fourth-order valence-electron chi connectivity index (χ4n) is 3.20. The van der Waals surface area contributed by atoms with Gasteiger partial charge in [-0.15, -0.1) is 0 Å². The first-order chi connectivity index (χ1) is 14.2. The van der Waals surface area contributed by atoms with Gasteiger partial charge in [-0.25, -0.2) is 9.97 Å². The molecule has 0 spiro atoms. The van der Waals surface area contributed by atoms with Crippen molar-refractivity contribution in [1.29, 1.82) is 0 Å². The molecule has 4 rings (SSSR count). The molecule has 0 saturated carbocycles. The van der Waals surface area contributed by atoms with Gasteiger partial charge in [0.05, 0.1) is 12.1 Å². The molecule has 1 N–H and O–H groups in total. The summed E-state index contributed by atoms with van der Waals surface area (Å²) in [6, 6.07) is 9.63. The molecule has 0 unspecified atom stereocenters. The normalized spacial score (nSPS) is 11.1. The van der Waals surface area contributed by atoms with Crippen molar-refractivity contribution < 1.29 is 9.53 Å². The third-order valence-corrected chi connectivity index (χ3v) is 4.66. The number of rotatable bonds is 7. The Morgan fingerprint density at radius 2 is 2.00 bits per heavy atom. The van der Waals surface area contributed by atoms with Crippen molar-refractivity contribution in [2.24, 2.45) is 0 Å². The monoisotopic (exact) mass is 390 g/mol. The van der Waals surface area contributed by atoms with Gasteiger partial charge in [-0.2, -0.15) is 0 Å².